The van der Waals surface area contributed by atoms with Gasteiger partial charge in [0.15, 0.2) is 0 Å². The number of allylic oxidation sites excluding steroid dienone is 4. The van der Waals surface area contributed by atoms with Gasteiger partial charge in [-0.25, -0.2) is 0 Å². The molecule has 0 heterocycles. The molecule has 0 unspecified atom stereocenters. The van der Waals surface area contributed by atoms with E-state index in [1.54, 1.807) is 0 Å². The van der Waals surface area contributed by atoms with Crippen molar-refractivity contribution in [1.82, 2.24) is 0 Å². The first-order chi connectivity index (χ1) is 7.26. The summed E-state index contributed by atoms with van der Waals surface area (Å²) in [5.41, 5.74) is 0. The van der Waals surface area contributed by atoms with Crippen LogP contribution in [-0.2, 0) is 4.74 Å². The van der Waals surface area contributed by atoms with E-state index in [0.717, 1.165) is 18.8 Å². The van der Waals surface area contributed by atoms with Gasteiger partial charge in [0.1, 0.15) is 5.76 Å². The lowest BCUT2D eigenvalue weighted by atomic mass is 9.89. The quantitative estimate of drug-likeness (QED) is 0.425. The summed E-state index contributed by atoms with van der Waals surface area (Å²) < 4.78 is 5.76. The van der Waals surface area contributed by atoms with Gasteiger partial charge in [0.25, 0.3) is 0 Å². The molecule has 1 aliphatic carbocycles. The Morgan fingerprint density at radius 3 is 2.47 bits per heavy atom. The van der Waals surface area contributed by atoms with Crippen LogP contribution in [0.5, 0.6) is 0 Å². The lowest BCUT2D eigenvalue weighted by Crippen LogP contribution is -2.20. The SMILES string of the molecule is C/C=C\C=C(/C=N)OC1CCC(C)CC1. The van der Waals surface area contributed by atoms with Gasteiger partial charge in [-0.05, 0) is 44.6 Å². The van der Waals surface area contributed by atoms with E-state index in [-0.39, 0.29) is 0 Å². The Morgan fingerprint density at radius 1 is 1.27 bits per heavy atom. The van der Waals surface area contributed by atoms with E-state index in [0.29, 0.717) is 11.9 Å². The van der Waals surface area contributed by atoms with Gasteiger partial charge in [0.2, 0.25) is 0 Å². The number of hydrogen-bond acceptors (Lipinski definition) is 2. The summed E-state index contributed by atoms with van der Waals surface area (Å²) in [6.45, 7) is 4.25. The minimum atomic E-state index is 0.319. The normalized spacial score (nSPS) is 28.0. The molecule has 1 saturated carbocycles. The summed E-state index contributed by atoms with van der Waals surface area (Å²) in [7, 11) is 0. The highest BCUT2D eigenvalue weighted by Gasteiger charge is 2.19. The van der Waals surface area contributed by atoms with Crippen LogP contribution in [0, 0.1) is 11.3 Å². The lowest BCUT2D eigenvalue weighted by molar-refractivity contribution is 0.0815. The van der Waals surface area contributed by atoms with E-state index < -0.39 is 0 Å². The Kier molecular flexibility index (Phi) is 5.16. The summed E-state index contributed by atoms with van der Waals surface area (Å²) in [4.78, 5) is 0. The predicted octanol–water partition coefficient (Wildman–Crippen LogP) is 3.69. The highest BCUT2D eigenvalue weighted by atomic mass is 16.5. The van der Waals surface area contributed by atoms with Crippen molar-refractivity contribution in [2.45, 2.75) is 45.6 Å². The van der Waals surface area contributed by atoms with E-state index in [4.69, 9.17) is 10.1 Å². The first-order valence-corrected chi connectivity index (χ1v) is 5.76. The Bertz CT molecular complexity index is 247. The van der Waals surface area contributed by atoms with Crippen molar-refractivity contribution in [3.63, 3.8) is 0 Å². The lowest BCUT2D eigenvalue weighted by Gasteiger charge is -2.26. The van der Waals surface area contributed by atoms with Gasteiger partial charge in [-0.2, -0.15) is 0 Å². The topological polar surface area (TPSA) is 33.1 Å². The van der Waals surface area contributed by atoms with Crippen LogP contribution in [0.15, 0.2) is 24.0 Å². The predicted molar refractivity (Wildman–Crippen MR) is 64.2 cm³/mol. The molecule has 84 valence electrons. The summed E-state index contributed by atoms with van der Waals surface area (Å²) >= 11 is 0. The Morgan fingerprint density at radius 2 is 1.93 bits per heavy atom. The van der Waals surface area contributed by atoms with Crippen molar-refractivity contribution >= 4 is 6.21 Å². The van der Waals surface area contributed by atoms with E-state index in [1.807, 2.05) is 25.2 Å². The van der Waals surface area contributed by atoms with Gasteiger partial charge >= 0.3 is 0 Å². The molecular weight excluding hydrogens is 186 g/mol. The zero-order chi connectivity index (χ0) is 11.1. The number of rotatable bonds is 4. The van der Waals surface area contributed by atoms with Crippen molar-refractivity contribution in [1.29, 1.82) is 5.41 Å². The zero-order valence-corrected chi connectivity index (χ0v) is 9.70. The Hall–Kier alpha value is -1.05. The van der Waals surface area contributed by atoms with E-state index in [1.165, 1.54) is 19.1 Å². The van der Waals surface area contributed by atoms with Gasteiger partial charge < -0.3 is 10.1 Å². The number of ether oxygens (including phenoxy) is 1. The standard InChI is InChI=1S/C13H21NO/c1-3-4-5-13(10-14)15-12-8-6-11(2)7-9-12/h3-5,10-12,14H,6-9H2,1-2H3/b4-3-,13-5+,14-10?. The number of hydrogen-bond donors (Lipinski definition) is 1. The van der Waals surface area contributed by atoms with E-state index in [2.05, 4.69) is 6.92 Å². The van der Waals surface area contributed by atoms with Gasteiger partial charge in [-0.1, -0.05) is 19.1 Å². The smallest absolute Gasteiger partial charge is 0.137 e. The Balaban J connectivity index is 2.42. The molecule has 1 fully saturated rings. The minimum Gasteiger partial charge on any atom is -0.489 e. The van der Waals surface area contributed by atoms with Crippen molar-refractivity contribution in [3.8, 4) is 0 Å². The summed E-state index contributed by atoms with van der Waals surface area (Å²) in [6.07, 6.45) is 12.1. The van der Waals surface area contributed by atoms with Crippen LogP contribution in [0.4, 0.5) is 0 Å². The number of nitrogens with one attached hydrogen (secondary N) is 1. The molecule has 0 amide bonds. The second-order valence-corrected chi connectivity index (χ2v) is 4.24. The highest BCUT2D eigenvalue weighted by Crippen LogP contribution is 2.26. The van der Waals surface area contributed by atoms with Crippen LogP contribution in [0.1, 0.15) is 39.5 Å². The zero-order valence-electron chi connectivity index (χ0n) is 9.70. The minimum absolute atomic E-state index is 0.319. The first-order valence-electron chi connectivity index (χ1n) is 5.76. The molecule has 0 atom stereocenters. The monoisotopic (exact) mass is 207 g/mol. The highest BCUT2D eigenvalue weighted by molar-refractivity contribution is 5.73. The first kappa shape index (κ1) is 12.0. The average Bonchev–Trinajstić information content (AvgIpc) is 2.27. The third kappa shape index (κ3) is 4.32. The largest absolute Gasteiger partial charge is 0.489 e. The molecule has 1 rings (SSSR count). The van der Waals surface area contributed by atoms with Crippen LogP contribution in [0.2, 0.25) is 0 Å². The van der Waals surface area contributed by atoms with Crippen molar-refractivity contribution in [3.05, 3.63) is 24.0 Å². The molecule has 0 saturated heterocycles. The third-order valence-corrected chi connectivity index (χ3v) is 2.86. The molecule has 2 heteroatoms. The van der Waals surface area contributed by atoms with Crippen LogP contribution in [-0.4, -0.2) is 12.3 Å². The molecule has 15 heavy (non-hydrogen) atoms. The molecule has 0 aromatic heterocycles. The van der Waals surface area contributed by atoms with Gasteiger partial charge in [-0.15, -0.1) is 0 Å². The maximum Gasteiger partial charge on any atom is 0.137 e. The van der Waals surface area contributed by atoms with Crippen molar-refractivity contribution in [2.75, 3.05) is 0 Å². The van der Waals surface area contributed by atoms with E-state index in [9.17, 15) is 0 Å². The fourth-order valence-electron chi connectivity index (χ4n) is 1.85. The van der Waals surface area contributed by atoms with Crippen LogP contribution in [0.25, 0.3) is 0 Å². The molecule has 2 nitrogen and oxygen atoms in total. The fourth-order valence-corrected chi connectivity index (χ4v) is 1.85. The van der Waals surface area contributed by atoms with Crippen LogP contribution >= 0.6 is 0 Å². The average molecular weight is 207 g/mol. The second kappa shape index (κ2) is 6.44. The summed E-state index contributed by atoms with van der Waals surface area (Å²) in [5.74, 6) is 1.51. The molecule has 0 aliphatic heterocycles. The van der Waals surface area contributed by atoms with Crippen LogP contribution < -0.4 is 0 Å². The molecule has 0 aromatic rings. The molecular formula is C13H21NO. The maximum atomic E-state index is 7.24. The third-order valence-electron chi connectivity index (χ3n) is 2.86. The summed E-state index contributed by atoms with van der Waals surface area (Å²) in [5, 5.41) is 7.24. The molecule has 0 bridgehead atoms. The van der Waals surface area contributed by atoms with Crippen molar-refractivity contribution < 1.29 is 4.74 Å². The second-order valence-electron chi connectivity index (χ2n) is 4.24. The van der Waals surface area contributed by atoms with Crippen LogP contribution in [0.3, 0.4) is 0 Å². The van der Waals surface area contributed by atoms with Gasteiger partial charge in [0, 0.05) is 0 Å². The maximum absolute atomic E-state index is 7.24. The van der Waals surface area contributed by atoms with Gasteiger partial charge in [0.05, 0.1) is 12.3 Å². The fraction of sp³-hybridized carbons (Fsp3) is 0.615. The van der Waals surface area contributed by atoms with Gasteiger partial charge in [-0.3, -0.25) is 0 Å². The molecule has 0 aromatic carbocycles. The molecule has 1 aliphatic rings. The Labute approximate surface area is 92.5 Å². The van der Waals surface area contributed by atoms with Crippen molar-refractivity contribution in [2.24, 2.45) is 5.92 Å². The summed E-state index contributed by atoms with van der Waals surface area (Å²) in [6, 6.07) is 0. The molecule has 0 radical (unpaired) electrons. The molecule has 0 spiro atoms. The molecule has 1 N–H and O–H groups in total. The van der Waals surface area contributed by atoms with E-state index >= 15 is 0 Å².